The van der Waals surface area contributed by atoms with Crippen molar-refractivity contribution < 1.29 is 9.72 Å². The van der Waals surface area contributed by atoms with Crippen LogP contribution < -0.4 is 10.6 Å². The molecule has 2 aliphatic rings. The molecule has 2 aliphatic heterocycles. The molecule has 0 saturated carbocycles. The number of nitro benzene ring substituents is 1. The molecule has 0 atom stereocenters. The Kier molecular flexibility index (Phi) is 3.98. The second-order valence-corrected chi connectivity index (χ2v) is 6.16. The van der Waals surface area contributed by atoms with Crippen molar-refractivity contribution in [2.75, 3.05) is 31.5 Å². The van der Waals surface area contributed by atoms with Gasteiger partial charge in [-0.15, -0.1) is 0 Å². The predicted octanol–water partition coefficient (Wildman–Crippen LogP) is 2.20. The zero-order chi connectivity index (χ0) is 15.6. The Labute approximate surface area is 128 Å². The van der Waals surface area contributed by atoms with Gasteiger partial charge in [-0.1, -0.05) is 6.07 Å². The maximum atomic E-state index is 12.4. The average molecular weight is 304 g/mol. The molecule has 0 bridgehead atoms. The molecule has 2 saturated heterocycles. The lowest BCUT2D eigenvalue weighted by Crippen LogP contribution is -2.40. The summed E-state index contributed by atoms with van der Waals surface area (Å²) < 4.78 is 0. The van der Waals surface area contributed by atoms with Gasteiger partial charge in [-0.05, 0) is 43.8 Å². The molecule has 2 heterocycles. The average Bonchev–Trinajstić information content (AvgIpc) is 2.92. The highest BCUT2D eigenvalue weighted by molar-refractivity contribution is 5.89. The minimum absolute atomic E-state index is 0.0194. The highest BCUT2D eigenvalue weighted by Crippen LogP contribution is 2.38. The number of benzene rings is 1. The predicted molar refractivity (Wildman–Crippen MR) is 82.8 cm³/mol. The largest absolute Gasteiger partial charge is 0.324 e. The van der Waals surface area contributed by atoms with E-state index >= 15 is 0 Å². The molecule has 2 N–H and O–H groups in total. The molecule has 1 spiro atoms. The van der Waals surface area contributed by atoms with E-state index in [9.17, 15) is 14.9 Å². The first-order valence-electron chi connectivity index (χ1n) is 7.59. The van der Waals surface area contributed by atoms with Gasteiger partial charge in [0, 0.05) is 30.9 Å². The smallest absolute Gasteiger partial charge is 0.321 e. The standard InChI is InChI=1S/C15H20N4O3/c20-14(17-12-2-1-3-13(10-12)19(21)22)18-9-6-15(11-18)4-7-16-8-5-15/h1-3,10,16H,4-9,11H2,(H,17,20). The van der Waals surface area contributed by atoms with Crippen molar-refractivity contribution in [3.63, 3.8) is 0 Å². The number of hydrogen-bond donors (Lipinski definition) is 2. The van der Waals surface area contributed by atoms with Crippen LogP contribution in [0.5, 0.6) is 0 Å². The number of anilines is 1. The van der Waals surface area contributed by atoms with E-state index < -0.39 is 4.92 Å². The zero-order valence-corrected chi connectivity index (χ0v) is 12.4. The van der Waals surface area contributed by atoms with E-state index in [0.29, 0.717) is 5.69 Å². The maximum Gasteiger partial charge on any atom is 0.321 e. The second-order valence-electron chi connectivity index (χ2n) is 6.16. The molecule has 0 aromatic heterocycles. The van der Waals surface area contributed by atoms with Gasteiger partial charge in [-0.25, -0.2) is 4.79 Å². The van der Waals surface area contributed by atoms with Crippen molar-refractivity contribution in [3.05, 3.63) is 34.4 Å². The highest BCUT2D eigenvalue weighted by atomic mass is 16.6. The van der Waals surface area contributed by atoms with Crippen LogP contribution in [0.2, 0.25) is 0 Å². The Balaban J connectivity index is 1.63. The third-order valence-corrected chi connectivity index (χ3v) is 4.70. The molecule has 0 unspecified atom stereocenters. The van der Waals surface area contributed by atoms with E-state index in [0.717, 1.165) is 45.4 Å². The fourth-order valence-corrected chi connectivity index (χ4v) is 3.37. The second kappa shape index (κ2) is 5.92. The number of nitrogens with zero attached hydrogens (tertiary/aromatic N) is 2. The number of likely N-dealkylation sites (tertiary alicyclic amines) is 1. The van der Waals surface area contributed by atoms with Crippen LogP contribution >= 0.6 is 0 Å². The van der Waals surface area contributed by atoms with Crippen molar-refractivity contribution in [2.45, 2.75) is 19.3 Å². The molecule has 22 heavy (non-hydrogen) atoms. The number of nitro groups is 1. The molecule has 0 radical (unpaired) electrons. The van der Waals surface area contributed by atoms with Crippen LogP contribution in [-0.4, -0.2) is 42.0 Å². The van der Waals surface area contributed by atoms with Crippen LogP contribution in [0.25, 0.3) is 0 Å². The van der Waals surface area contributed by atoms with Crippen molar-refractivity contribution >= 4 is 17.4 Å². The van der Waals surface area contributed by atoms with Gasteiger partial charge >= 0.3 is 6.03 Å². The first-order chi connectivity index (χ1) is 10.6. The summed E-state index contributed by atoms with van der Waals surface area (Å²) in [6, 6.07) is 5.87. The lowest BCUT2D eigenvalue weighted by molar-refractivity contribution is -0.384. The number of carbonyl (C=O) groups excluding carboxylic acids is 1. The monoisotopic (exact) mass is 304 g/mol. The van der Waals surface area contributed by atoms with Crippen LogP contribution in [0, 0.1) is 15.5 Å². The summed E-state index contributed by atoms with van der Waals surface area (Å²) in [5.74, 6) is 0. The Bertz CT molecular complexity index is 584. The van der Waals surface area contributed by atoms with Crippen LogP contribution in [0.4, 0.5) is 16.2 Å². The SMILES string of the molecule is O=C(Nc1cccc([N+](=O)[O-])c1)N1CCC2(CCNCC2)C1. The molecule has 118 valence electrons. The third kappa shape index (κ3) is 3.04. The quantitative estimate of drug-likeness (QED) is 0.647. The topological polar surface area (TPSA) is 87.5 Å². The summed E-state index contributed by atoms with van der Waals surface area (Å²) in [7, 11) is 0. The maximum absolute atomic E-state index is 12.4. The van der Waals surface area contributed by atoms with Gasteiger partial charge < -0.3 is 15.5 Å². The van der Waals surface area contributed by atoms with Crippen LogP contribution in [-0.2, 0) is 0 Å². The molecular formula is C15H20N4O3. The Morgan fingerprint density at radius 1 is 1.32 bits per heavy atom. The molecule has 2 amide bonds. The van der Waals surface area contributed by atoms with Crippen molar-refractivity contribution in [1.29, 1.82) is 0 Å². The zero-order valence-electron chi connectivity index (χ0n) is 12.4. The molecule has 2 fully saturated rings. The van der Waals surface area contributed by atoms with Gasteiger partial charge in [0.25, 0.3) is 5.69 Å². The number of amides is 2. The van der Waals surface area contributed by atoms with Gasteiger partial charge in [0.2, 0.25) is 0 Å². The lowest BCUT2D eigenvalue weighted by Gasteiger charge is -2.33. The minimum atomic E-state index is -0.463. The van der Waals surface area contributed by atoms with E-state index in [-0.39, 0.29) is 17.1 Å². The first-order valence-corrected chi connectivity index (χ1v) is 7.59. The molecule has 1 aromatic rings. The number of hydrogen-bond acceptors (Lipinski definition) is 4. The molecule has 7 heteroatoms. The van der Waals surface area contributed by atoms with Crippen molar-refractivity contribution in [2.24, 2.45) is 5.41 Å². The fourth-order valence-electron chi connectivity index (χ4n) is 3.37. The van der Waals surface area contributed by atoms with Gasteiger partial charge in [-0.3, -0.25) is 10.1 Å². The molecule has 7 nitrogen and oxygen atoms in total. The van der Waals surface area contributed by atoms with E-state index in [1.807, 2.05) is 4.90 Å². The fraction of sp³-hybridized carbons (Fsp3) is 0.533. The van der Waals surface area contributed by atoms with E-state index in [1.54, 1.807) is 12.1 Å². The molecule has 3 rings (SSSR count). The number of piperidine rings is 1. The number of urea groups is 1. The van der Waals surface area contributed by atoms with Gasteiger partial charge in [-0.2, -0.15) is 0 Å². The molecular weight excluding hydrogens is 284 g/mol. The van der Waals surface area contributed by atoms with Crippen LogP contribution in [0.1, 0.15) is 19.3 Å². The summed E-state index contributed by atoms with van der Waals surface area (Å²) in [4.78, 5) is 24.5. The number of rotatable bonds is 2. The summed E-state index contributed by atoms with van der Waals surface area (Å²) in [5.41, 5.74) is 0.699. The van der Waals surface area contributed by atoms with Gasteiger partial charge in [0.15, 0.2) is 0 Å². The number of non-ortho nitro benzene ring substituents is 1. The van der Waals surface area contributed by atoms with Gasteiger partial charge in [0.05, 0.1) is 4.92 Å². The summed E-state index contributed by atoms with van der Waals surface area (Å²) in [6.45, 7) is 3.55. The van der Waals surface area contributed by atoms with Crippen molar-refractivity contribution in [3.8, 4) is 0 Å². The minimum Gasteiger partial charge on any atom is -0.324 e. The summed E-state index contributed by atoms with van der Waals surface area (Å²) in [6.07, 6.45) is 3.25. The van der Waals surface area contributed by atoms with Crippen LogP contribution in [0.15, 0.2) is 24.3 Å². The van der Waals surface area contributed by atoms with Crippen molar-refractivity contribution in [1.82, 2.24) is 10.2 Å². The van der Waals surface area contributed by atoms with E-state index in [1.165, 1.54) is 12.1 Å². The third-order valence-electron chi connectivity index (χ3n) is 4.70. The normalized spacial score (nSPS) is 20.1. The number of carbonyl (C=O) groups is 1. The number of nitrogens with one attached hydrogen (secondary N) is 2. The van der Waals surface area contributed by atoms with E-state index in [2.05, 4.69) is 10.6 Å². The molecule has 1 aromatic carbocycles. The summed E-state index contributed by atoms with van der Waals surface area (Å²) in [5, 5.41) is 16.9. The highest BCUT2D eigenvalue weighted by Gasteiger charge is 2.40. The van der Waals surface area contributed by atoms with Gasteiger partial charge in [0.1, 0.15) is 0 Å². The van der Waals surface area contributed by atoms with E-state index in [4.69, 9.17) is 0 Å². The Hall–Kier alpha value is -2.15. The summed E-state index contributed by atoms with van der Waals surface area (Å²) >= 11 is 0. The Morgan fingerprint density at radius 2 is 2.09 bits per heavy atom. The Morgan fingerprint density at radius 3 is 2.82 bits per heavy atom. The molecule has 0 aliphatic carbocycles. The lowest BCUT2D eigenvalue weighted by atomic mass is 9.78. The van der Waals surface area contributed by atoms with Crippen LogP contribution in [0.3, 0.4) is 0 Å². The first kappa shape index (κ1) is 14.8.